The molecule has 5 nitrogen and oxygen atoms in total. The first-order valence-electron chi connectivity index (χ1n) is 7.20. The van der Waals surface area contributed by atoms with Gasteiger partial charge in [0.05, 0.1) is 3.57 Å². The molecule has 0 saturated heterocycles. The van der Waals surface area contributed by atoms with Crippen molar-refractivity contribution in [3.05, 3.63) is 52.1 Å². The number of halogens is 1. The summed E-state index contributed by atoms with van der Waals surface area (Å²) in [6.07, 6.45) is 0. The van der Waals surface area contributed by atoms with Crippen LogP contribution < -0.4 is 9.50 Å². The zero-order valence-electron chi connectivity index (χ0n) is 13.5. The Kier molecular flexibility index (Phi) is 5.54. The highest BCUT2D eigenvalue weighted by Gasteiger charge is 2.22. The lowest BCUT2D eigenvalue weighted by atomic mass is 9.95. The number of benzene rings is 2. The largest absolute Gasteiger partial charge is 0.378 e. The summed E-state index contributed by atoms with van der Waals surface area (Å²) in [6, 6.07) is 12.7. The standard InChI is InChI=1S/C17H18INO4S/c1-17(2,3)16(20)19-12-8-10-13(11-9-12)24(21,22)23-15-7-5-4-6-14(15)18/h4-11H,1-3H3,(H,19,20). The number of anilines is 1. The fourth-order valence-corrected chi connectivity index (χ4v) is 3.30. The second-order valence-electron chi connectivity index (χ2n) is 6.20. The number of para-hydroxylation sites is 1. The number of amides is 1. The summed E-state index contributed by atoms with van der Waals surface area (Å²) in [6.45, 7) is 5.41. The van der Waals surface area contributed by atoms with Gasteiger partial charge in [0.15, 0.2) is 5.75 Å². The van der Waals surface area contributed by atoms with E-state index < -0.39 is 15.5 Å². The third kappa shape index (κ3) is 4.70. The van der Waals surface area contributed by atoms with E-state index in [0.29, 0.717) is 9.26 Å². The Labute approximate surface area is 155 Å². The molecule has 0 unspecified atom stereocenters. The van der Waals surface area contributed by atoms with Crippen LogP contribution in [0.2, 0.25) is 0 Å². The molecule has 24 heavy (non-hydrogen) atoms. The highest BCUT2D eigenvalue weighted by atomic mass is 127. The van der Waals surface area contributed by atoms with Gasteiger partial charge >= 0.3 is 10.1 Å². The van der Waals surface area contributed by atoms with Crippen molar-refractivity contribution < 1.29 is 17.4 Å². The number of carbonyl (C=O) groups excluding carboxylic acids is 1. The van der Waals surface area contributed by atoms with Crippen molar-refractivity contribution in [3.8, 4) is 5.75 Å². The average molecular weight is 459 g/mol. The van der Waals surface area contributed by atoms with Crippen molar-refractivity contribution in [3.63, 3.8) is 0 Å². The minimum Gasteiger partial charge on any atom is -0.378 e. The molecule has 2 rings (SSSR count). The van der Waals surface area contributed by atoms with Gasteiger partial charge in [-0.25, -0.2) is 0 Å². The predicted octanol–water partition coefficient (Wildman–Crippen LogP) is 4.04. The van der Waals surface area contributed by atoms with Gasteiger partial charge in [-0.1, -0.05) is 32.9 Å². The van der Waals surface area contributed by atoms with Crippen LogP contribution >= 0.6 is 22.6 Å². The van der Waals surface area contributed by atoms with Crippen molar-refractivity contribution in [1.82, 2.24) is 0 Å². The fourth-order valence-electron chi connectivity index (χ4n) is 1.70. The lowest BCUT2D eigenvalue weighted by Crippen LogP contribution is -2.27. The monoisotopic (exact) mass is 459 g/mol. The first-order valence-corrected chi connectivity index (χ1v) is 9.69. The van der Waals surface area contributed by atoms with Crippen molar-refractivity contribution in [1.29, 1.82) is 0 Å². The van der Waals surface area contributed by atoms with Crippen LogP contribution in [0.25, 0.3) is 0 Å². The molecule has 0 spiro atoms. The maximum absolute atomic E-state index is 12.3. The summed E-state index contributed by atoms with van der Waals surface area (Å²) in [7, 11) is -3.93. The summed E-state index contributed by atoms with van der Waals surface area (Å²) in [5, 5.41) is 2.74. The Morgan fingerprint density at radius 1 is 1.04 bits per heavy atom. The van der Waals surface area contributed by atoms with Crippen LogP contribution in [0, 0.1) is 8.99 Å². The minimum absolute atomic E-state index is 0.0240. The molecular formula is C17H18INO4S. The molecule has 0 radical (unpaired) electrons. The van der Waals surface area contributed by atoms with E-state index in [4.69, 9.17) is 4.18 Å². The molecule has 0 fully saturated rings. The maximum Gasteiger partial charge on any atom is 0.339 e. The predicted molar refractivity (Wildman–Crippen MR) is 101 cm³/mol. The molecule has 0 atom stereocenters. The SMILES string of the molecule is CC(C)(C)C(=O)Nc1ccc(S(=O)(=O)Oc2ccccc2I)cc1. The van der Waals surface area contributed by atoms with E-state index in [1.54, 1.807) is 45.0 Å². The van der Waals surface area contributed by atoms with Crippen LogP contribution in [-0.2, 0) is 14.9 Å². The van der Waals surface area contributed by atoms with E-state index in [-0.39, 0.29) is 16.6 Å². The number of nitrogens with one attached hydrogen (secondary N) is 1. The third-order valence-corrected chi connectivity index (χ3v) is 5.26. The highest BCUT2D eigenvalue weighted by Crippen LogP contribution is 2.25. The zero-order valence-corrected chi connectivity index (χ0v) is 16.5. The minimum atomic E-state index is -3.93. The van der Waals surface area contributed by atoms with Gasteiger partial charge in [0.25, 0.3) is 0 Å². The topological polar surface area (TPSA) is 72.5 Å². The molecule has 1 amide bonds. The normalized spacial score (nSPS) is 11.8. The first kappa shape index (κ1) is 18.7. The highest BCUT2D eigenvalue weighted by molar-refractivity contribution is 14.1. The van der Waals surface area contributed by atoms with Crippen LogP contribution in [-0.4, -0.2) is 14.3 Å². The fraction of sp³-hybridized carbons (Fsp3) is 0.235. The van der Waals surface area contributed by atoms with E-state index in [0.717, 1.165) is 0 Å². The van der Waals surface area contributed by atoms with E-state index in [1.165, 1.54) is 24.3 Å². The molecule has 0 bridgehead atoms. The molecule has 2 aromatic rings. The second-order valence-corrected chi connectivity index (χ2v) is 8.90. The Hall–Kier alpha value is -1.61. The van der Waals surface area contributed by atoms with Gasteiger partial charge in [-0.05, 0) is 59.0 Å². The number of rotatable bonds is 4. The van der Waals surface area contributed by atoms with Crippen LogP contribution in [0.15, 0.2) is 53.4 Å². The van der Waals surface area contributed by atoms with Crippen LogP contribution in [0.5, 0.6) is 5.75 Å². The zero-order chi connectivity index (χ0) is 18.0. The molecular weight excluding hydrogens is 441 g/mol. The molecule has 1 N–H and O–H groups in total. The van der Waals surface area contributed by atoms with Crippen molar-refractivity contribution in [2.24, 2.45) is 5.41 Å². The van der Waals surface area contributed by atoms with E-state index in [2.05, 4.69) is 5.32 Å². The molecule has 0 heterocycles. The summed E-state index contributed by atoms with van der Waals surface area (Å²) in [5.74, 6) is 0.136. The van der Waals surface area contributed by atoms with E-state index in [9.17, 15) is 13.2 Å². The lowest BCUT2D eigenvalue weighted by Gasteiger charge is -2.17. The van der Waals surface area contributed by atoms with Gasteiger partial charge in [-0.3, -0.25) is 4.79 Å². The molecule has 128 valence electrons. The van der Waals surface area contributed by atoms with Crippen molar-refractivity contribution in [2.75, 3.05) is 5.32 Å². The Morgan fingerprint density at radius 2 is 1.62 bits per heavy atom. The van der Waals surface area contributed by atoms with Crippen LogP contribution in [0.4, 0.5) is 5.69 Å². The quantitative estimate of drug-likeness (QED) is 0.554. The van der Waals surface area contributed by atoms with Crippen LogP contribution in [0.1, 0.15) is 20.8 Å². The van der Waals surface area contributed by atoms with Crippen molar-refractivity contribution >= 4 is 44.3 Å². The molecule has 2 aromatic carbocycles. The van der Waals surface area contributed by atoms with Gasteiger partial charge in [0.2, 0.25) is 5.91 Å². The third-order valence-electron chi connectivity index (χ3n) is 3.12. The molecule has 7 heteroatoms. The number of carbonyl (C=O) groups is 1. The average Bonchev–Trinajstić information content (AvgIpc) is 2.49. The molecule has 0 saturated carbocycles. The van der Waals surface area contributed by atoms with Gasteiger partial charge in [0, 0.05) is 11.1 Å². The van der Waals surface area contributed by atoms with Gasteiger partial charge in [-0.15, -0.1) is 0 Å². The van der Waals surface area contributed by atoms with Crippen molar-refractivity contribution in [2.45, 2.75) is 25.7 Å². The molecule has 0 aliphatic rings. The summed E-state index contributed by atoms with van der Waals surface area (Å²) in [5.41, 5.74) is 0.000804. The Morgan fingerprint density at radius 3 is 2.17 bits per heavy atom. The lowest BCUT2D eigenvalue weighted by molar-refractivity contribution is -0.123. The number of hydrogen-bond donors (Lipinski definition) is 1. The van der Waals surface area contributed by atoms with E-state index >= 15 is 0 Å². The summed E-state index contributed by atoms with van der Waals surface area (Å²) < 4.78 is 30.5. The smallest absolute Gasteiger partial charge is 0.339 e. The summed E-state index contributed by atoms with van der Waals surface area (Å²) >= 11 is 2.01. The van der Waals surface area contributed by atoms with E-state index in [1.807, 2.05) is 22.6 Å². The van der Waals surface area contributed by atoms with Gasteiger partial charge < -0.3 is 9.50 Å². The molecule has 0 aliphatic carbocycles. The van der Waals surface area contributed by atoms with Crippen LogP contribution in [0.3, 0.4) is 0 Å². The Bertz CT molecular complexity index is 840. The molecule has 0 aromatic heterocycles. The van der Waals surface area contributed by atoms with Gasteiger partial charge in [0.1, 0.15) is 4.90 Å². The Balaban J connectivity index is 2.18. The second kappa shape index (κ2) is 7.10. The van der Waals surface area contributed by atoms with Gasteiger partial charge in [-0.2, -0.15) is 8.42 Å². The number of hydrogen-bond acceptors (Lipinski definition) is 4. The maximum atomic E-state index is 12.3. The summed E-state index contributed by atoms with van der Waals surface area (Å²) in [4.78, 5) is 12.0. The molecule has 0 aliphatic heterocycles. The first-order chi connectivity index (χ1) is 11.1.